The molecule has 0 atom stereocenters. The van der Waals surface area contributed by atoms with Crippen molar-refractivity contribution in [3.8, 4) is 6.07 Å². The lowest BCUT2D eigenvalue weighted by Gasteiger charge is -2.36. The number of allylic oxidation sites excluding steroid dienone is 2. The van der Waals surface area contributed by atoms with Crippen molar-refractivity contribution in [1.82, 2.24) is 4.98 Å². The number of pyridine rings is 1. The van der Waals surface area contributed by atoms with Crippen molar-refractivity contribution in [3.05, 3.63) is 71.2 Å². The molecular weight excluding hydrogens is 427 g/mol. The van der Waals surface area contributed by atoms with Gasteiger partial charge in [0, 0.05) is 17.6 Å². The van der Waals surface area contributed by atoms with Crippen molar-refractivity contribution < 1.29 is 18.0 Å². The number of halogens is 3. The van der Waals surface area contributed by atoms with Crippen LogP contribution in [0, 0.1) is 30.1 Å². The van der Waals surface area contributed by atoms with Crippen LogP contribution in [-0.2, 0) is 0 Å². The summed E-state index contributed by atoms with van der Waals surface area (Å²) in [5.74, 6) is -1.78. The molecule has 1 fully saturated rings. The average Bonchev–Trinajstić information content (AvgIpc) is 2.81. The number of anilines is 1. The van der Waals surface area contributed by atoms with Crippen LogP contribution in [0.5, 0.6) is 0 Å². The summed E-state index contributed by atoms with van der Waals surface area (Å²) in [7, 11) is 0. The van der Waals surface area contributed by atoms with Crippen molar-refractivity contribution in [2.24, 2.45) is 11.8 Å². The highest BCUT2D eigenvalue weighted by atomic mass is 19.4. The Balaban J connectivity index is 2.04. The monoisotopic (exact) mass is 455 g/mol. The molecule has 0 bridgehead atoms. The van der Waals surface area contributed by atoms with Crippen molar-refractivity contribution >= 4 is 11.6 Å². The second-order valence-electron chi connectivity index (χ2n) is 8.48. The highest BCUT2D eigenvalue weighted by Crippen LogP contribution is 2.43. The van der Waals surface area contributed by atoms with Gasteiger partial charge in [0.1, 0.15) is 5.69 Å². The van der Waals surface area contributed by atoms with Gasteiger partial charge in [0.15, 0.2) is 0 Å². The predicted molar refractivity (Wildman–Crippen MR) is 121 cm³/mol. The molecule has 0 N–H and O–H groups in total. The van der Waals surface area contributed by atoms with E-state index in [-0.39, 0.29) is 24.7 Å². The van der Waals surface area contributed by atoms with Crippen LogP contribution in [0.15, 0.2) is 54.4 Å². The molecular formula is C26H28F3N3O. The quantitative estimate of drug-likeness (QED) is 0.473. The van der Waals surface area contributed by atoms with Gasteiger partial charge in [-0.25, -0.2) is 0 Å². The van der Waals surface area contributed by atoms with Crippen molar-refractivity contribution in [1.29, 1.82) is 5.26 Å². The number of benzene rings is 1. The van der Waals surface area contributed by atoms with E-state index in [1.807, 2.05) is 13.0 Å². The topological polar surface area (TPSA) is 57.0 Å². The van der Waals surface area contributed by atoms with Crippen molar-refractivity contribution in [2.75, 3.05) is 4.90 Å². The van der Waals surface area contributed by atoms with Crippen LogP contribution < -0.4 is 4.90 Å². The first-order valence-electron chi connectivity index (χ1n) is 11.3. The molecule has 33 heavy (non-hydrogen) atoms. The Hall–Kier alpha value is -3.14. The van der Waals surface area contributed by atoms with E-state index in [0.717, 1.165) is 17.7 Å². The molecule has 0 unspecified atom stereocenters. The Morgan fingerprint density at radius 3 is 2.39 bits per heavy atom. The lowest BCUT2D eigenvalue weighted by atomic mass is 9.79. The largest absolute Gasteiger partial charge is 0.391 e. The Labute approximate surface area is 192 Å². The van der Waals surface area contributed by atoms with E-state index < -0.39 is 12.1 Å². The highest BCUT2D eigenvalue weighted by molar-refractivity contribution is 6.07. The minimum absolute atomic E-state index is 0.0512. The summed E-state index contributed by atoms with van der Waals surface area (Å²) in [4.78, 5) is 19.6. The summed E-state index contributed by atoms with van der Waals surface area (Å²) >= 11 is 0. The van der Waals surface area contributed by atoms with E-state index >= 15 is 0 Å². The van der Waals surface area contributed by atoms with Crippen LogP contribution in [0.25, 0.3) is 0 Å². The molecule has 2 aromatic rings. The van der Waals surface area contributed by atoms with Gasteiger partial charge in [0.2, 0.25) is 0 Å². The average molecular weight is 456 g/mol. The number of hydrogen-bond donors (Lipinski definition) is 0. The van der Waals surface area contributed by atoms with Gasteiger partial charge < -0.3 is 0 Å². The fourth-order valence-corrected chi connectivity index (χ4v) is 4.33. The Morgan fingerprint density at radius 1 is 1.18 bits per heavy atom. The first-order valence-corrected chi connectivity index (χ1v) is 11.3. The van der Waals surface area contributed by atoms with Crippen molar-refractivity contribution in [3.63, 3.8) is 0 Å². The third kappa shape index (κ3) is 5.81. The minimum Gasteiger partial charge on any atom is -0.279 e. The number of rotatable bonds is 6. The molecule has 1 saturated carbocycles. The molecule has 3 rings (SSSR count). The van der Waals surface area contributed by atoms with Gasteiger partial charge in [-0.1, -0.05) is 25.5 Å². The molecule has 0 spiro atoms. The SMILES string of the molecule is CCC/C=C(\C1CCC(C(F)(F)F)CC1)N(C(=O)c1ncccc1C)c1ccc(C#N)cc1. The number of unbranched alkanes of at least 4 members (excludes halogenated alkanes) is 1. The second-order valence-corrected chi connectivity index (χ2v) is 8.48. The molecule has 4 nitrogen and oxygen atoms in total. The van der Waals surface area contributed by atoms with Gasteiger partial charge in [-0.3, -0.25) is 14.7 Å². The first kappa shape index (κ1) is 24.5. The number of alkyl halides is 3. The van der Waals surface area contributed by atoms with Crippen LogP contribution in [0.2, 0.25) is 0 Å². The maximum Gasteiger partial charge on any atom is 0.391 e. The zero-order chi connectivity index (χ0) is 24.0. The molecule has 1 aromatic heterocycles. The van der Waals surface area contributed by atoms with E-state index in [2.05, 4.69) is 11.1 Å². The number of nitrogens with zero attached hydrogens (tertiary/aromatic N) is 3. The van der Waals surface area contributed by atoms with Gasteiger partial charge in [0.25, 0.3) is 5.91 Å². The van der Waals surface area contributed by atoms with Gasteiger partial charge in [-0.2, -0.15) is 18.4 Å². The molecule has 1 aliphatic rings. The summed E-state index contributed by atoms with van der Waals surface area (Å²) in [6.07, 6.45) is 1.72. The molecule has 174 valence electrons. The third-order valence-electron chi connectivity index (χ3n) is 6.18. The fraction of sp³-hybridized carbons (Fsp3) is 0.423. The summed E-state index contributed by atoms with van der Waals surface area (Å²) in [6, 6.07) is 12.3. The van der Waals surface area contributed by atoms with Crippen LogP contribution in [0.4, 0.5) is 18.9 Å². The summed E-state index contributed by atoms with van der Waals surface area (Å²) in [5.41, 5.74) is 2.77. The zero-order valence-electron chi connectivity index (χ0n) is 18.9. The Kier molecular flexibility index (Phi) is 7.91. The summed E-state index contributed by atoms with van der Waals surface area (Å²) < 4.78 is 39.7. The van der Waals surface area contributed by atoms with Crippen molar-refractivity contribution in [2.45, 2.75) is 58.5 Å². The second kappa shape index (κ2) is 10.7. The predicted octanol–water partition coefficient (Wildman–Crippen LogP) is 6.96. The lowest BCUT2D eigenvalue weighted by Crippen LogP contribution is -2.37. The molecule has 7 heteroatoms. The van der Waals surface area contributed by atoms with E-state index in [0.29, 0.717) is 36.2 Å². The van der Waals surface area contributed by atoms with Crippen LogP contribution in [0.1, 0.15) is 67.1 Å². The number of carbonyl (C=O) groups excluding carboxylic acids is 1. The molecule has 1 aromatic carbocycles. The Morgan fingerprint density at radius 2 is 1.85 bits per heavy atom. The maximum atomic E-state index is 13.8. The van der Waals surface area contributed by atoms with E-state index in [9.17, 15) is 18.0 Å². The summed E-state index contributed by atoms with van der Waals surface area (Å²) in [6.45, 7) is 3.83. The maximum absolute atomic E-state index is 13.8. The smallest absolute Gasteiger partial charge is 0.279 e. The van der Waals surface area contributed by atoms with Crippen LogP contribution in [-0.4, -0.2) is 17.1 Å². The van der Waals surface area contributed by atoms with Crippen LogP contribution in [0.3, 0.4) is 0 Å². The zero-order valence-corrected chi connectivity index (χ0v) is 18.9. The molecule has 1 aliphatic carbocycles. The minimum atomic E-state index is -4.19. The van der Waals surface area contributed by atoms with Gasteiger partial charge >= 0.3 is 6.18 Å². The number of aryl methyl sites for hydroxylation is 1. The van der Waals surface area contributed by atoms with Crippen LogP contribution >= 0.6 is 0 Å². The van der Waals surface area contributed by atoms with E-state index in [1.165, 1.54) is 0 Å². The first-order chi connectivity index (χ1) is 15.8. The van der Waals surface area contributed by atoms with Gasteiger partial charge in [0.05, 0.1) is 17.6 Å². The van der Waals surface area contributed by atoms with Gasteiger partial charge in [-0.05, 0) is 80.8 Å². The number of aromatic nitrogens is 1. The summed E-state index contributed by atoms with van der Waals surface area (Å²) in [5, 5.41) is 9.17. The lowest BCUT2D eigenvalue weighted by molar-refractivity contribution is -0.183. The standard InChI is InChI=1S/C26H28F3N3O/c1-3-4-7-23(20-10-12-21(13-11-20)26(27,28)29)32(22-14-8-19(17-30)9-15-22)25(33)24-18(2)6-5-16-31-24/h5-9,14-16,20-21H,3-4,10-13H2,1-2H3/b23-7+. The van der Waals surface area contributed by atoms with E-state index in [4.69, 9.17) is 5.26 Å². The molecule has 0 aliphatic heterocycles. The third-order valence-corrected chi connectivity index (χ3v) is 6.18. The fourth-order valence-electron chi connectivity index (χ4n) is 4.33. The molecule has 0 saturated heterocycles. The molecule has 0 radical (unpaired) electrons. The number of carbonyl (C=O) groups is 1. The van der Waals surface area contributed by atoms with E-state index in [1.54, 1.807) is 54.4 Å². The Bertz CT molecular complexity index is 1030. The molecule has 1 heterocycles. The molecule has 1 amide bonds. The van der Waals surface area contributed by atoms with Gasteiger partial charge in [-0.15, -0.1) is 0 Å². The highest BCUT2D eigenvalue weighted by Gasteiger charge is 2.42. The number of amides is 1. The number of nitriles is 1. The number of hydrogen-bond acceptors (Lipinski definition) is 3. The normalized spacial score (nSPS) is 19.1.